The van der Waals surface area contributed by atoms with E-state index in [4.69, 9.17) is 0 Å². The molecule has 0 bridgehead atoms. The van der Waals surface area contributed by atoms with E-state index in [1.54, 1.807) is 12.1 Å². The fourth-order valence-corrected chi connectivity index (χ4v) is 2.49. The first-order valence-electron chi connectivity index (χ1n) is 6.42. The maximum Gasteiger partial charge on any atom is 0.155 e. The molecule has 0 amide bonds. The highest BCUT2D eigenvalue weighted by molar-refractivity contribution is 5.21. The molecule has 2 aromatic rings. The van der Waals surface area contributed by atoms with Gasteiger partial charge in [0.2, 0.25) is 0 Å². The molecule has 18 heavy (non-hydrogen) atoms. The van der Waals surface area contributed by atoms with Gasteiger partial charge in [0.25, 0.3) is 0 Å². The average Bonchev–Trinajstić information content (AvgIpc) is 2.76. The van der Waals surface area contributed by atoms with Crippen molar-refractivity contribution >= 4 is 0 Å². The molecule has 0 aliphatic carbocycles. The molecule has 0 saturated heterocycles. The Kier molecular flexibility index (Phi) is 2.86. The van der Waals surface area contributed by atoms with Crippen molar-refractivity contribution in [2.45, 2.75) is 38.6 Å². The predicted molar refractivity (Wildman–Crippen MR) is 66.9 cm³/mol. The highest BCUT2D eigenvalue weighted by Gasteiger charge is 2.19. The molecule has 2 heterocycles. The van der Waals surface area contributed by atoms with Crippen LogP contribution in [0.1, 0.15) is 43.0 Å². The fraction of sp³-hybridized carbons (Fsp3) is 0.429. The maximum absolute atomic E-state index is 13.6. The summed E-state index contributed by atoms with van der Waals surface area (Å²) >= 11 is 0. The fourth-order valence-electron chi connectivity index (χ4n) is 2.49. The van der Waals surface area contributed by atoms with Crippen LogP contribution < -0.4 is 0 Å². The van der Waals surface area contributed by atoms with E-state index in [1.807, 2.05) is 10.7 Å². The average molecular weight is 245 g/mol. The molecule has 3 nitrogen and oxygen atoms in total. The molecular formula is C14H16FN3. The molecule has 1 unspecified atom stereocenters. The van der Waals surface area contributed by atoms with Crippen molar-refractivity contribution in [1.29, 1.82) is 0 Å². The van der Waals surface area contributed by atoms with E-state index in [0.29, 0.717) is 18.0 Å². The van der Waals surface area contributed by atoms with E-state index in [0.717, 1.165) is 24.5 Å². The first-order valence-corrected chi connectivity index (χ1v) is 6.42. The molecule has 0 fully saturated rings. The van der Waals surface area contributed by atoms with E-state index >= 15 is 0 Å². The summed E-state index contributed by atoms with van der Waals surface area (Å²) < 4.78 is 15.6. The lowest BCUT2D eigenvalue weighted by molar-refractivity contribution is 0.387. The van der Waals surface area contributed by atoms with E-state index in [9.17, 15) is 4.39 Å². The number of hydrogen-bond acceptors (Lipinski definition) is 2. The van der Waals surface area contributed by atoms with Gasteiger partial charge >= 0.3 is 0 Å². The maximum atomic E-state index is 13.6. The van der Waals surface area contributed by atoms with Crippen molar-refractivity contribution in [2.24, 2.45) is 0 Å². The second-order valence-corrected chi connectivity index (χ2v) is 4.90. The Morgan fingerprint density at radius 3 is 3.00 bits per heavy atom. The number of fused-ring (bicyclic) bond motifs is 1. The van der Waals surface area contributed by atoms with Crippen LogP contribution in [0.25, 0.3) is 0 Å². The lowest BCUT2D eigenvalue weighted by atomic mass is 10.1. The van der Waals surface area contributed by atoms with Gasteiger partial charge in [-0.1, -0.05) is 18.2 Å². The monoisotopic (exact) mass is 245 g/mol. The van der Waals surface area contributed by atoms with Crippen LogP contribution in [0.15, 0.2) is 24.3 Å². The van der Waals surface area contributed by atoms with Crippen molar-refractivity contribution in [1.82, 2.24) is 14.8 Å². The Balaban J connectivity index is 1.88. The van der Waals surface area contributed by atoms with Gasteiger partial charge in [0.15, 0.2) is 5.82 Å². The molecule has 1 atom stereocenters. The van der Waals surface area contributed by atoms with Crippen molar-refractivity contribution in [3.63, 3.8) is 0 Å². The number of aromatic nitrogens is 3. The van der Waals surface area contributed by atoms with E-state index in [-0.39, 0.29) is 5.82 Å². The van der Waals surface area contributed by atoms with Crippen molar-refractivity contribution < 1.29 is 4.39 Å². The minimum atomic E-state index is -0.182. The number of halogens is 1. The topological polar surface area (TPSA) is 30.7 Å². The summed E-state index contributed by atoms with van der Waals surface area (Å²) in [6.07, 6.45) is 3.77. The van der Waals surface area contributed by atoms with Gasteiger partial charge in [-0.25, -0.2) is 14.1 Å². The minimum absolute atomic E-state index is 0.182. The standard InChI is InChI=1S/C14H16FN3/c1-10-5-4-8-14-16-13(17-18(10)14)9-11-6-2-3-7-12(11)15/h2-3,6-7,10H,4-5,8-9H2,1H3. The van der Waals surface area contributed by atoms with Crippen molar-refractivity contribution in [3.8, 4) is 0 Å². The molecule has 0 saturated carbocycles. The van der Waals surface area contributed by atoms with Gasteiger partial charge in [-0.3, -0.25) is 0 Å². The van der Waals surface area contributed by atoms with Gasteiger partial charge in [-0.15, -0.1) is 0 Å². The summed E-state index contributed by atoms with van der Waals surface area (Å²) in [6, 6.07) is 7.23. The Labute approximate surface area is 106 Å². The third-order valence-corrected chi connectivity index (χ3v) is 3.49. The van der Waals surface area contributed by atoms with Gasteiger partial charge in [0.05, 0.1) is 6.04 Å². The molecule has 1 aromatic heterocycles. The van der Waals surface area contributed by atoms with Crippen LogP contribution in [0.2, 0.25) is 0 Å². The largest absolute Gasteiger partial charge is 0.247 e. The van der Waals surface area contributed by atoms with Gasteiger partial charge in [0.1, 0.15) is 11.6 Å². The summed E-state index contributed by atoms with van der Waals surface area (Å²) in [5, 5.41) is 4.51. The first-order chi connectivity index (χ1) is 8.74. The number of nitrogens with zero attached hydrogens (tertiary/aromatic N) is 3. The number of aryl methyl sites for hydroxylation is 1. The molecule has 0 radical (unpaired) electrons. The zero-order chi connectivity index (χ0) is 12.5. The Morgan fingerprint density at radius 1 is 1.39 bits per heavy atom. The molecule has 1 aliphatic heterocycles. The predicted octanol–water partition coefficient (Wildman–Crippen LogP) is 2.91. The van der Waals surface area contributed by atoms with Crippen LogP contribution in [-0.4, -0.2) is 14.8 Å². The molecule has 1 aliphatic rings. The van der Waals surface area contributed by atoms with Crippen LogP contribution in [0.5, 0.6) is 0 Å². The Morgan fingerprint density at radius 2 is 2.22 bits per heavy atom. The van der Waals surface area contributed by atoms with E-state index in [2.05, 4.69) is 17.0 Å². The highest BCUT2D eigenvalue weighted by Crippen LogP contribution is 2.23. The van der Waals surface area contributed by atoms with Crippen LogP contribution in [-0.2, 0) is 12.8 Å². The third kappa shape index (κ3) is 2.03. The summed E-state index contributed by atoms with van der Waals surface area (Å²) in [4.78, 5) is 4.52. The van der Waals surface area contributed by atoms with E-state index in [1.165, 1.54) is 12.5 Å². The SMILES string of the molecule is CC1CCCc2nc(Cc3ccccc3F)nn21. The molecule has 4 heteroatoms. The van der Waals surface area contributed by atoms with Gasteiger partial charge in [0, 0.05) is 12.8 Å². The number of benzene rings is 1. The van der Waals surface area contributed by atoms with Crippen LogP contribution >= 0.6 is 0 Å². The molecule has 0 N–H and O–H groups in total. The number of rotatable bonds is 2. The lowest BCUT2D eigenvalue weighted by Crippen LogP contribution is -2.16. The van der Waals surface area contributed by atoms with Crippen LogP contribution in [0, 0.1) is 5.82 Å². The highest BCUT2D eigenvalue weighted by atomic mass is 19.1. The zero-order valence-electron chi connectivity index (χ0n) is 10.4. The van der Waals surface area contributed by atoms with Crippen molar-refractivity contribution in [3.05, 3.63) is 47.3 Å². The molecular weight excluding hydrogens is 229 g/mol. The minimum Gasteiger partial charge on any atom is -0.247 e. The normalized spacial score (nSPS) is 18.7. The molecule has 3 rings (SSSR count). The Hall–Kier alpha value is -1.71. The van der Waals surface area contributed by atoms with Crippen LogP contribution in [0.3, 0.4) is 0 Å². The summed E-state index contributed by atoms with van der Waals surface area (Å²) in [6.45, 7) is 2.16. The molecule has 0 spiro atoms. The zero-order valence-corrected chi connectivity index (χ0v) is 10.4. The second kappa shape index (κ2) is 4.52. The lowest BCUT2D eigenvalue weighted by Gasteiger charge is -2.18. The Bertz CT molecular complexity index is 562. The van der Waals surface area contributed by atoms with Gasteiger partial charge in [-0.05, 0) is 31.4 Å². The second-order valence-electron chi connectivity index (χ2n) is 4.90. The smallest absolute Gasteiger partial charge is 0.155 e. The number of hydrogen-bond donors (Lipinski definition) is 0. The summed E-state index contributed by atoms with van der Waals surface area (Å²) in [5.41, 5.74) is 0.660. The van der Waals surface area contributed by atoms with E-state index < -0.39 is 0 Å². The molecule has 1 aromatic carbocycles. The summed E-state index contributed by atoms with van der Waals surface area (Å²) in [5.74, 6) is 1.59. The first kappa shape index (κ1) is 11.4. The molecule has 94 valence electrons. The van der Waals surface area contributed by atoms with Gasteiger partial charge < -0.3 is 0 Å². The summed E-state index contributed by atoms with van der Waals surface area (Å²) in [7, 11) is 0. The van der Waals surface area contributed by atoms with Crippen molar-refractivity contribution in [2.75, 3.05) is 0 Å². The van der Waals surface area contributed by atoms with Gasteiger partial charge in [-0.2, -0.15) is 5.10 Å². The quantitative estimate of drug-likeness (QED) is 0.814. The van der Waals surface area contributed by atoms with Crippen LogP contribution in [0.4, 0.5) is 4.39 Å². The third-order valence-electron chi connectivity index (χ3n) is 3.49.